The first-order valence-electron chi connectivity index (χ1n) is 12.9. The number of aromatic nitrogens is 4. The van der Waals surface area contributed by atoms with Crippen molar-refractivity contribution in [2.75, 3.05) is 20.3 Å². The predicted molar refractivity (Wildman–Crippen MR) is 144 cm³/mol. The lowest BCUT2D eigenvalue weighted by Crippen LogP contribution is -2.44. The van der Waals surface area contributed by atoms with Gasteiger partial charge < -0.3 is 19.1 Å². The molecular formula is C29H26N6O5. The molecule has 6 rings (SSSR count). The van der Waals surface area contributed by atoms with Gasteiger partial charge in [-0.15, -0.1) is 0 Å². The van der Waals surface area contributed by atoms with Crippen LogP contribution in [0.15, 0.2) is 53.6 Å². The number of hydrogen-bond donors (Lipinski definition) is 0. The Balaban J connectivity index is 1.41. The van der Waals surface area contributed by atoms with Crippen molar-refractivity contribution < 1.29 is 19.0 Å². The minimum Gasteiger partial charge on any atom is -0.490 e. The van der Waals surface area contributed by atoms with Crippen molar-refractivity contribution in [2.45, 2.75) is 38.5 Å². The fourth-order valence-corrected chi connectivity index (χ4v) is 5.25. The highest BCUT2D eigenvalue weighted by atomic mass is 16.6. The molecule has 40 heavy (non-hydrogen) atoms. The summed E-state index contributed by atoms with van der Waals surface area (Å²) in [6.07, 6.45) is 4.09. The Kier molecular flexibility index (Phi) is 6.51. The van der Waals surface area contributed by atoms with E-state index >= 15 is 0 Å². The Bertz CT molecular complexity index is 1690. The van der Waals surface area contributed by atoms with Crippen molar-refractivity contribution in [3.05, 3.63) is 76.1 Å². The lowest BCUT2D eigenvalue weighted by molar-refractivity contribution is 0.0941. The molecule has 0 radical (unpaired) electrons. The van der Waals surface area contributed by atoms with Gasteiger partial charge in [-0.1, -0.05) is 12.1 Å². The Labute approximate surface area is 229 Å². The smallest absolute Gasteiger partial charge is 0.410 e. The fourth-order valence-electron chi connectivity index (χ4n) is 5.25. The molecule has 0 saturated carbocycles. The number of piperidine rings is 1. The summed E-state index contributed by atoms with van der Waals surface area (Å²) in [5.74, 6) is 1.07. The second kappa shape index (κ2) is 10.3. The van der Waals surface area contributed by atoms with E-state index in [-0.39, 0.29) is 29.8 Å². The zero-order chi connectivity index (χ0) is 27.8. The number of benzene rings is 2. The molecule has 1 amide bonds. The van der Waals surface area contributed by atoms with Gasteiger partial charge in [0.1, 0.15) is 24.3 Å². The third-order valence-electron chi connectivity index (χ3n) is 7.39. The van der Waals surface area contributed by atoms with E-state index in [4.69, 9.17) is 24.5 Å². The largest absolute Gasteiger partial charge is 0.490 e. The van der Waals surface area contributed by atoms with Crippen molar-refractivity contribution in [1.82, 2.24) is 24.4 Å². The number of carbonyl (C=O) groups excluding carboxylic acids is 1. The summed E-state index contributed by atoms with van der Waals surface area (Å²) in [7, 11) is 1.50. The topological polar surface area (TPSA) is 132 Å². The molecule has 202 valence electrons. The fraction of sp³-hybridized carbons (Fsp3) is 0.310. The summed E-state index contributed by atoms with van der Waals surface area (Å²) in [6, 6.07) is 13.0. The molecule has 0 spiro atoms. The second-order valence-electron chi connectivity index (χ2n) is 9.87. The highest BCUT2D eigenvalue weighted by Gasteiger charge is 2.39. The van der Waals surface area contributed by atoms with Crippen LogP contribution in [-0.2, 0) is 11.3 Å². The van der Waals surface area contributed by atoms with E-state index in [0.717, 1.165) is 5.56 Å². The predicted octanol–water partition coefficient (Wildman–Crippen LogP) is 3.45. The van der Waals surface area contributed by atoms with E-state index in [0.29, 0.717) is 71.7 Å². The van der Waals surface area contributed by atoms with Gasteiger partial charge in [-0.2, -0.15) is 5.26 Å². The van der Waals surface area contributed by atoms with Crippen LogP contribution in [0.2, 0.25) is 0 Å². The number of carbonyl (C=O) groups is 1. The number of methoxy groups -OCH3 is 1. The van der Waals surface area contributed by atoms with E-state index in [9.17, 15) is 9.59 Å². The van der Waals surface area contributed by atoms with Crippen LogP contribution in [0.4, 0.5) is 4.79 Å². The summed E-state index contributed by atoms with van der Waals surface area (Å²) in [5, 5.41) is 9.51. The van der Waals surface area contributed by atoms with Gasteiger partial charge in [-0.05, 0) is 36.8 Å². The normalized spacial score (nSPS) is 18.2. The maximum absolute atomic E-state index is 13.8. The maximum atomic E-state index is 13.8. The first-order chi connectivity index (χ1) is 19.4. The number of nitriles is 1. The zero-order valence-corrected chi connectivity index (χ0v) is 22.0. The number of rotatable bonds is 6. The van der Waals surface area contributed by atoms with Gasteiger partial charge in [0.25, 0.3) is 5.56 Å². The number of aryl methyl sites for hydroxylation is 1. The first kappa shape index (κ1) is 25.3. The molecule has 0 bridgehead atoms. The van der Waals surface area contributed by atoms with Crippen LogP contribution in [0.5, 0.6) is 11.8 Å². The van der Waals surface area contributed by atoms with Gasteiger partial charge in [-0.25, -0.2) is 19.7 Å². The maximum Gasteiger partial charge on any atom is 0.410 e. The lowest BCUT2D eigenvalue weighted by atomic mass is 10.00. The summed E-state index contributed by atoms with van der Waals surface area (Å²) in [4.78, 5) is 40.7. The zero-order valence-electron chi connectivity index (χ0n) is 22.0. The highest BCUT2D eigenvalue weighted by Crippen LogP contribution is 2.36. The van der Waals surface area contributed by atoms with Gasteiger partial charge in [-0.3, -0.25) is 9.36 Å². The number of nitrogens with zero attached hydrogens (tertiary/aromatic N) is 6. The number of amides is 1. The van der Waals surface area contributed by atoms with Crippen LogP contribution in [0.1, 0.15) is 29.8 Å². The minimum atomic E-state index is -0.283. The van der Waals surface area contributed by atoms with Gasteiger partial charge in [0, 0.05) is 42.9 Å². The minimum absolute atomic E-state index is 0.0339. The molecule has 0 unspecified atom stereocenters. The monoisotopic (exact) mass is 538 g/mol. The molecule has 0 aliphatic carbocycles. The molecule has 2 aliphatic heterocycles. The quantitative estimate of drug-likeness (QED) is 0.362. The lowest BCUT2D eigenvalue weighted by Gasteiger charge is -2.33. The molecule has 2 saturated heterocycles. The molecule has 2 aromatic carbocycles. The molecule has 4 aromatic rings. The molecular weight excluding hydrogens is 512 g/mol. The van der Waals surface area contributed by atoms with E-state index in [1.54, 1.807) is 47.0 Å². The van der Waals surface area contributed by atoms with Gasteiger partial charge in [0.15, 0.2) is 0 Å². The van der Waals surface area contributed by atoms with Gasteiger partial charge >= 0.3 is 12.1 Å². The van der Waals surface area contributed by atoms with Gasteiger partial charge in [0.05, 0.1) is 42.2 Å². The van der Waals surface area contributed by atoms with Crippen molar-refractivity contribution in [3.63, 3.8) is 0 Å². The van der Waals surface area contributed by atoms with Crippen LogP contribution < -0.4 is 15.0 Å². The average Bonchev–Trinajstić information content (AvgIpc) is 3.35. The Hall–Kier alpha value is -4.98. The van der Waals surface area contributed by atoms with Crippen LogP contribution in [0, 0.1) is 18.3 Å². The molecule has 2 atom stereocenters. The number of hydrogen-bond acceptors (Lipinski definition) is 9. The van der Waals surface area contributed by atoms with E-state index in [2.05, 4.69) is 16.0 Å². The van der Waals surface area contributed by atoms with E-state index < -0.39 is 0 Å². The second-order valence-corrected chi connectivity index (χ2v) is 9.87. The number of cyclic esters (lactones) is 1. The Morgan fingerprint density at radius 1 is 1.15 bits per heavy atom. The van der Waals surface area contributed by atoms with Gasteiger partial charge in [0.2, 0.25) is 0 Å². The third-order valence-corrected chi connectivity index (χ3v) is 7.39. The average molecular weight is 539 g/mol. The SMILES string of the molecule is COc1ncc(-c2cc3nc(C)n(Cc4ccc(C#N)cc4)c(=O)c3cc2O[C@H]2CCN3C(=O)OC[C@@H]3C2)cn1. The van der Waals surface area contributed by atoms with Crippen molar-refractivity contribution in [3.8, 4) is 29.0 Å². The van der Waals surface area contributed by atoms with Crippen LogP contribution in [0.25, 0.3) is 22.0 Å². The third kappa shape index (κ3) is 4.68. The summed E-state index contributed by atoms with van der Waals surface area (Å²) >= 11 is 0. The molecule has 11 heteroatoms. The molecule has 2 fully saturated rings. The molecule has 0 N–H and O–H groups in total. The summed E-state index contributed by atoms with van der Waals surface area (Å²) < 4.78 is 18.5. The van der Waals surface area contributed by atoms with Crippen LogP contribution in [0.3, 0.4) is 0 Å². The first-order valence-corrected chi connectivity index (χ1v) is 12.9. The Morgan fingerprint density at radius 3 is 2.65 bits per heavy atom. The molecule has 2 aliphatic rings. The van der Waals surface area contributed by atoms with Crippen molar-refractivity contribution >= 4 is 17.0 Å². The standard InChI is InChI=1S/C29H26N6O5/c1-17-33-25-10-23(20-13-31-28(38-2)32-14-20)26(40-22-7-8-34-21(9-22)16-39-29(34)37)11-24(25)27(36)35(17)15-19-5-3-18(12-30)4-6-19/h3-6,10-11,13-14,21-22H,7-9,15-16H2,1-2H3/t21-,22-/m0/s1. The van der Waals surface area contributed by atoms with Crippen molar-refractivity contribution in [1.29, 1.82) is 5.26 Å². The van der Waals surface area contributed by atoms with Crippen LogP contribution >= 0.6 is 0 Å². The molecule has 4 heterocycles. The van der Waals surface area contributed by atoms with E-state index in [1.165, 1.54) is 7.11 Å². The highest BCUT2D eigenvalue weighted by molar-refractivity contribution is 5.87. The number of fused-ring (bicyclic) bond motifs is 2. The number of ether oxygens (including phenoxy) is 3. The van der Waals surface area contributed by atoms with E-state index in [1.807, 2.05) is 18.2 Å². The Morgan fingerprint density at radius 2 is 1.93 bits per heavy atom. The van der Waals surface area contributed by atoms with Crippen LogP contribution in [-0.4, -0.2) is 62.9 Å². The summed E-state index contributed by atoms with van der Waals surface area (Å²) in [5.41, 5.74) is 3.16. The van der Waals surface area contributed by atoms with Crippen molar-refractivity contribution in [2.24, 2.45) is 0 Å². The molecule has 2 aromatic heterocycles. The molecule has 11 nitrogen and oxygen atoms in total. The summed E-state index contributed by atoms with van der Waals surface area (Å²) in [6.45, 7) is 3.00.